The van der Waals surface area contributed by atoms with Crippen LogP contribution < -0.4 is 20.1 Å². The first-order valence-electron chi connectivity index (χ1n) is 10.5. The first-order chi connectivity index (χ1) is 14.5. The summed E-state index contributed by atoms with van der Waals surface area (Å²) in [5.41, 5.74) is 0.983. The van der Waals surface area contributed by atoms with Gasteiger partial charge in [-0.3, -0.25) is 9.59 Å². The second-order valence-corrected chi connectivity index (χ2v) is 8.15. The molecule has 0 saturated carbocycles. The normalized spacial score (nSPS) is 11.8. The molecule has 1 aromatic carbocycles. The maximum atomic E-state index is 12.5. The van der Waals surface area contributed by atoms with E-state index in [9.17, 15) is 9.59 Å². The number of hydrogen-bond acceptors (Lipinski definition) is 5. The molecule has 6 nitrogen and oxygen atoms in total. The molecule has 2 rings (SSSR count). The number of thiophene rings is 1. The van der Waals surface area contributed by atoms with Gasteiger partial charge in [0.2, 0.25) is 5.91 Å². The van der Waals surface area contributed by atoms with Crippen LogP contribution in [-0.2, 0) is 4.79 Å². The first-order valence-corrected chi connectivity index (χ1v) is 11.3. The summed E-state index contributed by atoms with van der Waals surface area (Å²) in [6.45, 7) is 9.58. The van der Waals surface area contributed by atoms with Gasteiger partial charge in [0.05, 0.1) is 24.1 Å². The van der Waals surface area contributed by atoms with Gasteiger partial charge in [0.15, 0.2) is 11.5 Å². The van der Waals surface area contributed by atoms with Crippen LogP contribution in [0.2, 0.25) is 0 Å². The fourth-order valence-electron chi connectivity index (χ4n) is 3.09. The lowest BCUT2D eigenvalue weighted by atomic mass is 9.95. The summed E-state index contributed by atoms with van der Waals surface area (Å²) in [6, 6.07) is 9.31. The van der Waals surface area contributed by atoms with Crippen LogP contribution in [0.25, 0.3) is 0 Å². The molecule has 0 saturated heterocycles. The Labute approximate surface area is 183 Å². The predicted octanol–water partition coefficient (Wildman–Crippen LogP) is 4.57. The van der Waals surface area contributed by atoms with E-state index in [1.807, 2.05) is 43.5 Å². The third-order valence-corrected chi connectivity index (χ3v) is 5.39. The van der Waals surface area contributed by atoms with Gasteiger partial charge in [-0.05, 0) is 55.3 Å². The van der Waals surface area contributed by atoms with E-state index >= 15 is 0 Å². The highest BCUT2D eigenvalue weighted by Crippen LogP contribution is 2.33. The molecule has 0 aliphatic carbocycles. The van der Waals surface area contributed by atoms with E-state index in [0.717, 1.165) is 5.56 Å². The van der Waals surface area contributed by atoms with E-state index in [1.54, 1.807) is 6.07 Å². The number of nitrogens with one attached hydrogen (secondary N) is 2. The van der Waals surface area contributed by atoms with Crippen molar-refractivity contribution < 1.29 is 19.1 Å². The molecule has 1 heterocycles. The average Bonchev–Trinajstić information content (AvgIpc) is 3.26. The highest BCUT2D eigenvalue weighted by atomic mass is 32.1. The molecule has 0 aliphatic heterocycles. The first kappa shape index (κ1) is 23.7. The molecule has 2 amide bonds. The lowest BCUT2D eigenvalue weighted by molar-refractivity contribution is -0.122. The number of ether oxygens (including phenoxy) is 2. The molecule has 0 radical (unpaired) electrons. The van der Waals surface area contributed by atoms with Crippen molar-refractivity contribution in [2.75, 3.05) is 19.8 Å². The molecule has 164 valence electrons. The Bertz CT molecular complexity index is 806. The molecular formula is C23H32N2O4S. The minimum atomic E-state index is -0.131. The van der Waals surface area contributed by atoms with Gasteiger partial charge in [-0.2, -0.15) is 0 Å². The Morgan fingerprint density at radius 3 is 2.43 bits per heavy atom. The van der Waals surface area contributed by atoms with Crippen molar-refractivity contribution in [2.24, 2.45) is 5.92 Å². The molecule has 0 aliphatic rings. The zero-order valence-electron chi connectivity index (χ0n) is 18.2. The molecule has 30 heavy (non-hydrogen) atoms. The number of benzene rings is 1. The summed E-state index contributed by atoms with van der Waals surface area (Å²) in [6.07, 6.45) is 0.935. The largest absolute Gasteiger partial charge is 0.490 e. The van der Waals surface area contributed by atoms with Gasteiger partial charge in [0, 0.05) is 13.0 Å². The highest BCUT2D eigenvalue weighted by molar-refractivity contribution is 7.12. The predicted molar refractivity (Wildman–Crippen MR) is 120 cm³/mol. The van der Waals surface area contributed by atoms with Gasteiger partial charge >= 0.3 is 0 Å². The molecule has 7 heteroatoms. The van der Waals surface area contributed by atoms with E-state index in [-0.39, 0.29) is 23.8 Å². The van der Waals surface area contributed by atoms with E-state index in [1.165, 1.54) is 11.3 Å². The number of amides is 2. The Kier molecular flexibility index (Phi) is 9.67. The molecular weight excluding hydrogens is 400 g/mol. The quantitative estimate of drug-likeness (QED) is 0.482. The zero-order chi connectivity index (χ0) is 21.9. The van der Waals surface area contributed by atoms with Crippen LogP contribution in [0, 0.1) is 5.92 Å². The molecule has 1 unspecified atom stereocenters. The molecule has 0 bridgehead atoms. The van der Waals surface area contributed by atoms with E-state index in [0.29, 0.717) is 49.0 Å². The van der Waals surface area contributed by atoms with Gasteiger partial charge in [-0.25, -0.2) is 0 Å². The molecule has 0 spiro atoms. The Balaban J connectivity index is 1.92. The summed E-state index contributed by atoms with van der Waals surface area (Å²) in [5, 5.41) is 7.84. The molecule has 2 N–H and O–H groups in total. The Morgan fingerprint density at radius 2 is 1.80 bits per heavy atom. The van der Waals surface area contributed by atoms with Gasteiger partial charge in [-0.15, -0.1) is 11.3 Å². The van der Waals surface area contributed by atoms with Crippen LogP contribution in [0.5, 0.6) is 11.5 Å². The summed E-state index contributed by atoms with van der Waals surface area (Å²) in [7, 11) is 0. The van der Waals surface area contributed by atoms with Crippen molar-refractivity contribution in [3.05, 3.63) is 46.2 Å². The van der Waals surface area contributed by atoms with E-state index < -0.39 is 0 Å². The Hall–Kier alpha value is -2.54. The van der Waals surface area contributed by atoms with Crippen LogP contribution in [0.15, 0.2) is 35.7 Å². The molecule has 0 fully saturated rings. The maximum Gasteiger partial charge on any atom is 0.261 e. The highest BCUT2D eigenvalue weighted by Gasteiger charge is 2.20. The van der Waals surface area contributed by atoms with Crippen molar-refractivity contribution >= 4 is 23.2 Å². The number of rotatable bonds is 12. The fourth-order valence-corrected chi connectivity index (χ4v) is 3.73. The zero-order valence-corrected chi connectivity index (χ0v) is 19.0. The smallest absolute Gasteiger partial charge is 0.261 e. The van der Waals surface area contributed by atoms with Crippen molar-refractivity contribution in [3.8, 4) is 11.5 Å². The third-order valence-electron chi connectivity index (χ3n) is 4.52. The average molecular weight is 433 g/mol. The third kappa shape index (κ3) is 7.06. The molecule has 1 atom stereocenters. The molecule has 2 aromatic rings. The number of carbonyl (C=O) groups is 2. The summed E-state index contributed by atoms with van der Waals surface area (Å²) in [5.74, 6) is 1.47. The van der Waals surface area contributed by atoms with Crippen LogP contribution in [-0.4, -0.2) is 31.6 Å². The van der Waals surface area contributed by atoms with E-state index in [4.69, 9.17) is 9.47 Å². The lowest BCUT2D eigenvalue weighted by Gasteiger charge is -2.24. The monoisotopic (exact) mass is 432 g/mol. The summed E-state index contributed by atoms with van der Waals surface area (Å²) >= 11 is 1.40. The maximum absolute atomic E-state index is 12.5. The van der Waals surface area contributed by atoms with Crippen LogP contribution in [0.3, 0.4) is 0 Å². The second kappa shape index (κ2) is 12.2. The standard InChI is InChI=1S/C23H32N2O4S/c1-5-28-18-12-11-17(15-19(18)29-6-2)22(16(3)4)25-21(26)10-7-13-24-23(27)20-9-8-14-30-20/h8-9,11-12,14-16,22H,5-7,10,13H2,1-4H3,(H,24,27)(H,25,26). The van der Waals surface area contributed by atoms with Crippen molar-refractivity contribution in [2.45, 2.75) is 46.6 Å². The van der Waals surface area contributed by atoms with Gasteiger partial charge < -0.3 is 20.1 Å². The van der Waals surface area contributed by atoms with Gasteiger partial charge in [0.1, 0.15) is 0 Å². The van der Waals surface area contributed by atoms with Crippen molar-refractivity contribution in [3.63, 3.8) is 0 Å². The fraction of sp³-hybridized carbons (Fsp3) is 0.478. The Morgan fingerprint density at radius 1 is 1.07 bits per heavy atom. The number of hydrogen-bond donors (Lipinski definition) is 2. The topological polar surface area (TPSA) is 76.7 Å². The minimum absolute atomic E-state index is 0.0362. The van der Waals surface area contributed by atoms with E-state index in [2.05, 4.69) is 24.5 Å². The summed E-state index contributed by atoms with van der Waals surface area (Å²) < 4.78 is 11.4. The second-order valence-electron chi connectivity index (χ2n) is 7.20. The number of carbonyl (C=O) groups excluding carboxylic acids is 2. The van der Waals surface area contributed by atoms with Crippen molar-refractivity contribution in [1.29, 1.82) is 0 Å². The van der Waals surface area contributed by atoms with Crippen molar-refractivity contribution in [1.82, 2.24) is 10.6 Å². The lowest BCUT2D eigenvalue weighted by Crippen LogP contribution is -2.32. The minimum Gasteiger partial charge on any atom is -0.490 e. The van der Waals surface area contributed by atoms with Crippen LogP contribution >= 0.6 is 11.3 Å². The molecule has 1 aromatic heterocycles. The van der Waals surface area contributed by atoms with Crippen LogP contribution in [0.1, 0.15) is 61.8 Å². The SMILES string of the molecule is CCOc1ccc(C(NC(=O)CCCNC(=O)c2cccs2)C(C)C)cc1OCC. The summed E-state index contributed by atoms with van der Waals surface area (Å²) in [4.78, 5) is 25.1. The van der Waals surface area contributed by atoms with Gasteiger partial charge in [-0.1, -0.05) is 26.0 Å². The van der Waals surface area contributed by atoms with Gasteiger partial charge in [0.25, 0.3) is 5.91 Å². The van der Waals surface area contributed by atoms with Crippen LogP contribution in [0.4, 0.5) is 0 Å².